The summed E-state index contributed by atoms with van der Waals surface area (Å²) in [6.07, 6.45) is 4.13. The number of benzene rings is 1. The van der Waals surface area contributed by atoms with Gasteiger partial charge in [-0.05, 0) is 36.5 Å². The van der Waals surface area contributed by atoms with Crippen LogP contribution in [-0.2, 0) is 10.0 Å². The van der Waals surface area contributed by atoms with Crippen LogP contribution in [0.5, 0.6) is 0 Å². The van der Waals surface area contributed by atoms with Crippen molar-refractivity contribution in [1.29, 1.82) is 0 Å². The van der Waals surface area contributed by atoms with Crippen molar-refractivity contribution < 1.29 is 8.42 Å². The number of nitrogen functional groups attached to an aromatic ring is 1. The molecular weight excluding hydrogens is 272 g/mol. The van der Waals surface area contributed by atoms with E-state index in [0.29, 0.717) is 29.1 Å². The number of rotatable bonds is 4. The number of sulfonamides is 1. The molecule has 1 heterocycles. The highest BCUT2D eigenvalue weighted by Crippen LogP contribution is 2.39. The molecule has 0 radical (unpaired) electrons. The molecule has 20 heavy (non-hydrogen) atoms. The largest absolute Gasteiger partial charge is 0.399 e. The summed E-state index contributed by atoms with van der Waals surface area (Å²) in [5.74, 6) is 0. The fourth-order valence-electron chi connectivity index (χ4n) is 2.98. The van der Waals surface area contributed by atoms with E-state index < -0.39 is 10.0 Å². The minimum atomic E-state index is -3.40. The minimum Gasteiger partial charge on any atom is -0.399 e. The zero-order valence-electron chi connectivity index (χ0n) is 12.3. The van der Waals surface area contributed by atoms with Gasteiger partial charge in [-0.15, -0.1) is 0 Å². The highest BCUT2D eigenvalue weighted by molar-refractivity contribution is 7.89. The monoisotopic (exact) mass is 296 g/mol. The fourth-order valence-corrected chi connectivity index (χ4v) is 4.48. The summed E-state index contributed by atoms with van der Waals surface area (Å²) < 4.78 is 26.8. The zero-order valence-corrected chi connectivity index (χ0v) is 13.1. The van der Waals surface area contributed by atoms with Gasteiger partial charge >= 0.3 is 0 Å². The van der Waals surface area contributed by atoms with Crippen molar-refractivity contribution in [2.24, 2.45) is 5.41 Å². The quantitative estimate of drug-likeness (QED) is 0.869. The van der Waals surface area contributed by atoms with Crippen molar-refractivity contribution in [2.45, 2.75) is 44.4 Å². The zero-order chi connectivity index (χ0) is 14.8. The maximum atomic E-state index is 12.6. The van der Waals surface area contributed by atoms with Gasteiger partial charge in [0.1, 0.15) is 0 Å². The Bertz CT molecular complexity index is 555. The third kappa shape index (κ3) is 2.83. The molecule has 0 amide bonds. The summed E-state index contributed by atoms with van der Waals surface area (Å²) >= 11 is 0. The molecule has 4 nitrogen and oxygen atoms in total. The Morgan fingerprint density at radius 2 is 1.80 bits per heavy atom. The third-order valence-corrected chi connectivity index (χ3v) is 6.67. The van der Waals surface area contributed by atoms with Gasteiger partial charge in [-0.25, -0.2) is 8.42 Å². The van der Waals surface area contributed by atoms with Gasteiger partial charge in [-0.1, -0.05) is 32.8 Å². The van der Waals surface area contributed by atoms with E-state index in [1.54, 1.807) is 22.5 Å². The SMILES string of the molecule is CCC1(CC)CCN(S(=O)(=O)c2cccc(N)c2)CC1. The summed E-state index contributed by atoms with van der Waals surface area (Å²) in [4.78, 5) is 0.304. The number of nitrogens with two attached hydrogens (primary N) is 1. The summed E-state index contributed by atoms with van der Waals surface area (Å²) in [6.45, 7) is 5.62. The number of piperidine rings is 1. The summed E-state index contributed by atoms with van der Waals surface area (Å²) in [6, 6.07) is 6.55. The Kier molecular flexibility index (Phi) is 4.39. The third-order valence-electron chi connectivity index (χ3n) is 4.78. The van der Waals surface area contributed by atoms with E-state index in [-0.39, 0.29) is 0 Å². The second-order valence-corrected chi connectivity index (χ2v) is 7.62. The van der Waals surface area contributed by atoms with E-state index in [9.17, 15) is 8.42 Å². The number of nitrogens with zero attached hydrogens (tertiary/aromatic N) is 1. The van der Waals surface area contributed by atoms with Gasteiger partial charge in [0, 0.05) is 18.8 Å². The Labute approximate surface area is 122 Å². The van der Waals surface area contributed by atoms with Crippen molar-refractivity contribution in [3.8, 4) is 0 Å². The molecule has 112 valence electrons. The van der Waals surface area contributed by atoms with Crippen LogP contribution in [0.3, 0.4) is 0 Å². The molecular formula is C15H24N2O2S. The molecule has 0 saturated carbocycles. The van der Waals surface area contributed by atoms with Crippen LogP contribution >= 0.6 is 0 Å². The van der Waals surface area contributed by atoms with Gasteiger partial charge in [-0.3, -0.25) is 0 Å². The van der Waals surface area contributed by atoms with Gasteiger partial charge in [-0.2, -0.15) is 4.31 Å². The van der Waals surface area contributed by atoms with Gasteiger partial charge in [0.15, 0.2) is 0 Å². The van der Waals surface area contributed by atoms with Crippen LogP contribution in [0.25, 0.3) is 0 Å². The average Bonchev–Trinajstić information content (AvgIpc) is 2.47. The number of anilines is 1. The van der Waals surface area contributed by atoms with E-state index in [1.807, 2.05) is 0 Å². The van der Waals surface area contributed by atoms with Gasteiger partial charge in [0.25, 0.3) is 0 Å². The second-order valence-electron chi connectivity index (χ2n) is 5.68. The molecule has 1 aromatic rings. The standard InChI is InChI=1S/C15H24N2O2S/c1-3-15(4-2)8-10-17(11-9-15)20(18,19)14-7-5-6-13(16)12-14/h5-7,12H,3-4,8-11,16H2,1-2H3. The lowest BCUT2D eigenvalue weighted by Gasteiger charge is -2.40. The van der Waals surface area contributed by atoms with Crippen molar-refractivity contribution in [3.05, 3.63) is 24.3 Å². The van der Waals surface area contributed by atoms with Crippen LogP contribution in [-0.4, -0.2) is 25.8 Å². The highest BCUT2D eigenvalue weighted by atomic mass is 32.2. The smallest absolute Gasteiger partial charge is 0.243 e. The first kappa shape index (κ1) is 15.3. The Balaban J connectivity index is 2.17. The van der Waals surface area contributed by atoms with Gasteiger partial charge in [0.2, 0.25) is 10.0 Å². The molecule has 2 rings (SSSR count). The van der Waals surface area contributed by atoms with Crippen molar-refractivity contribution in [2.75, 3.05) is 18.8 Å². The Hall–Kier alpha value is -1.07. The molecule has 2 N–H and O–H groups in total. The Morgan fingerprint density at radius 3 is 2.30 bits per heavy atom. The predicted octanol–water partition coefficient (Wildman–Crippen LogP) is 2.86. The van der Waals surface area contributed by atoms with Gasteiger partial charge < -0.3 is 5.73 Å². The van der Waals surface area contributed by atoms with Crippen LogP contribution in [0.15, 0.2) is 29.2 Å². The van der Waals surface area contributed by atoms with Gasteiger partial charge in [0.05, 0.1) is 4.90 Å². The first-order valence-electron chi connectivity index (χ1n) is 7.29. The summed E-state index contributed by atoms with van der Waals surface area (Å²) in [5, 5.41) is 0. The molecule has 0 aliphatic carbocycles. The highest BCUT2D eigenvalue weighted by Gasteiger charge is 2.36. The lowest BCUT2D eigenvalue weighted by molar-refractivity contribution is 0.141. The number of hydrogen-bond donors (Lipinski definition) is 1. The molecule has 0 aromatic heterocycles. The average molecular weight is 296 g/mol. The predicted molar refractivity (Wildman–Crippen MR) is 81.9 cm³/mol. The van der Waals surface area contributed by atoms with Crippen LogP contribution in [0.1, 0.15) is 39.5 Å². The van der Waals surface area contributed by atoms with E-state index >= 15 is 0 Å². The lowest BCUT2D eigenvalue weighted by Crippen LogP contribution is -2.42. The molecule has 0 unspecified atom stereocenters. The lowest BCUT2D eigenvalue weighted by atomic mass is 9.75. The van der Waals surface area contributed by atoms with Crippen LogP contribution < -0.4 is 5.73 Å². The first-order chi connectivity index (χ1) is 9.43. The molecule has 0 atom stereocenters. The van der Waals surface area contributed by atoms with Crippen LogP contribution in [0.4, 0.5) is 5.69 Å². The molecule has 1 aromatic carbocycles. The molecule has 0 bridgehead atoms. The van der Waals surface area contributed by atoms with Crippen LogP contribution in [0.2, 0.25) is 0 Å². The molecule has 1 aliphatic heterocycles. The fraction of sp³-hybridized carbons (Fsp3) is 0.600. The first-order valence-corrected chi connectivity index (χ1v) is 8.73. The Morgan fingerprint density at radius 1 is 1.20 bits per heavy atom. The molecule has 1 saturated heterocycles. The second kappa shape index (κ2) is 5.74. The minimum absolute atomic E-state index is 0.304. The van der Waals surface area contributed by atoms with Crippen molar-refractivity contribution in [1.82, 2.24) is 4.31 Å². The van der Waals surface area contributed by atoms with Crippen molar-refractivity contribution >= 4 is 15.7 Å². The van der Waals surface area contributed by atoms with E-state index in [1.165, 1.54) is 6.07 Å². The molecule has 0 spiro atoms. The maximum Gasteiger partial charge on any atom is 0.243 e. The molecule has 5 heteroatoms. The molecule has 1 aliphatic rings. The van der Waals surface area contributed by atoms with Crippen molar-refractivity contribution in [3.63, 3.8) is 0 Å². The summed E-state index contributed by atoms with van der Waals surface area (Å²) in [7, 11) is -3.40. The van der Waals surface area contributed by atoms with E-state index in [4.69, 9.17) is 5.73 Å². The van der Waals surface area contributed by atoms with E-state index in [0.717, 1.165) is 25.7 Å². The normalized spacial score (nSPS) is 19.9. The topological polar surface area (TPSA) is 63.4 Å². The van der Waals surface area contributed by atoms with Crippen LogP contribution in [0, 0.1) is 5.41 Å². The number of hydrogen-bond acceptors (Lipinski definition) is 3. The van der Waals surface area contributed by atoms with E-state index in [2.05, 4.69) is 13.8 Å². The maximum absolute atomic E-state index is 12.6. The molecule has 1 fully saturated rings. The summed E-state index contributed by atoms with van der Waals surface area (Å²) in [5.41, 5.74) is 6.49.